The average Bonchev–Trinajstić information content (AvgIpc) is 2.64. The summed E-state index contributed by atoms with van der Waals surface area (Å²) in [6, 6.07) is 5.49. The van der Waals surface area contributed by atoms with E-state index in [0.717, 1.165) is 28.2 Å². The lowest BCUT2D eigenvalue weighted by molar-refractivity contribution is -0.137. The first kappa shape index (κ1) is 25.4. The zero-order chi connectivity index (χ0) is 22.0. The van der Waals surface area contributed by atoms with Crippen LogP contribution in [0, 0.1) is 11.8 Å². The van der Waals surface area contributed by atoms with Crippen LogP contribution in [0.3, 0.4) is 0 Å². The van der Waals surface area contributed by atoms with Crippen LogP contribution in [-0.4, -0.2) is 34.3 Å². The summed E-state index contributed by atoms with van der Waals surface area (Å²) in [6.45, 7) is 10.9. The van der Waals surface area contributed by atoms with Crippen LogP contribution < -0.4 is 5.32 Å². The van der Waals surface area contributed by atoms with Crippen molar-refractivity contribution in [2.75, 3.05) is 12.3 Å². The molecule has 0 radical (unpaired) electrons. The quantitative estimate of drug-likeness (QED) is 0.412. The Bertz CT molecular complexity index is 720. The second-order valence-corrected chi connectivity index (χ2v) is 9.15. The van der Waals surface area contributed by atoms with Gasteiger partial charge in [-0.15, -0.1) is 11.8 Å². The second-order valence-electron chi connectivity index (χ2n) is 7.68. The van der Waals surface area contributed by atoms with Crippen molar-refractivity contribution in [1.29, 1.82) is 0 Å². The molecule has 5 nitrogen and oxygen atoms in total. The molecular weight excluding hydrogens is 408 g/mol. The summed E-state index contributed by atoms with van der Waals surface area (Å²) in [5.41, 5.74) is 2.00. The number of hydrogen-bond donors (Lipinski definition) is 2. The van der Waals surface area contributed by atoms with Gasteiger partial charge in [-0.1, -0.05) is 57.9 Å². The lowest BCUT2D eigenvalue weighted by Crippen LogP contribution is -2.37. The maximum Gasteiger partial charge on any atom is 0.321 e. The highest BCUT2D eigenvalue weighted by atomic mass is 35.5. The van der Waals surface area contributed by atoms with Crippen LogP contribution >= 0.6 is 23.4 Å². The number of aliphatic carboxylic acids is 1. The van der Waals surface area contributed by atoms with Gasteiger partial charge in [-0.2, -0.15) is 0 Å². The Morgan fingerprint density at radius 2 is 1.97 bits per heavy atom. The van der Waals surface area contributed by atoms with Gasteiger partial charge in [0.15, 0.2) is 0 Å². The van der Waals surface area contributed by atoms with Crippen LogP contribution in [0.5, 0.6) is 0 Å². The Morgan fingerprint density at radius 3 is 2.48 bits per heavy atom. The number of hydrogen-bond acceptors (Lipinski definition) is 3. The number of nitrogens with zero attached hydrogens (tertiary/aromatic N) is 1. The highest BCUT2D eigenvalue weighted by Gasteiger charge is 2.15. The van der Waals surface area contributed by atoms with Crippen LogP contribution in [0.2, 0.25) is 5.02 Å². The number of amides is 2. The Kier molecular flexibility index (Phi) is 11.2. The molecule has 0 saturated heterocycles. The Morgan fingerprint density at radius 1 is 1.28 bits per heavy atom. The summed E-state index contributed by atoms with van der Waals surface area (Å²) in [5, 5.41) is 12.5. The highest BCUT2D eigenvalue weighted by Crippen LogP contribution is 2.29. The van der Waals surface area contributed by atoms with E-state index < -0.39 is 5.97 Å². The number of halogens is 1. The number of carboxylic acid groups (broad SMARTS) is 1. The number of rotatable bonds is 11. The molecule has 0 fully saturated rings. The van der Waals surface area contributed by atoms with E-state index in [2.05, 4.69) is 33.0 Å². The van der Waals surface area contributed by atoms with Crippen molar-refractivity contribution >= 4 is 35.4 Å². The number of thioether (sulfide) groups is 1. The van der Waals surface area contributed by atoms with E-state index in [1.807, 2.05) is 25.1 Å². The van der Waals surface area contributed by atoms with E-state index in [4.69, 9.17) is 16.7 Å². The van der Waals surface area contributed by atoms with Gasteiger partial charge in [-0.05, 0) is 36.0 Å². The maximum absolute atomic E-state index is 12.7. The van der Waals surface area contributed by atoms with Crippen molar-refractivity contribution in [3.63, 3.8) is 0 Å². The van der Waals surface area contributed by atoms with Gasteiger partial charge in [-0.25, -0.2) is 4.79 Å². The van der Waals surface area contributed by atoms with E-state index in [0.29, 0.717) is 17.5 Å². The van der Waals surface area contributed by atoms with Gasteiger partial charge in [0.05, 0.1) is 11.4 Å². The molecule has 162 valence electrons. The molecule has 0 aliphatic heterocycles. The van der Waals surface area contributed by atoms with Crippen molar-refractivity contribution in [2.24, 2.45) is 11.8 Å². The first-order valence-electron chi connectivity index (χ1n) is 10.0. The van der Waals surface area contributed by atoms with Crippen LogP contribution in [0.25, 0.3) is 0 Å². The predicted molar refractivity (Wildman–Crippen MR) is 121 cm³/mol. The fraction of sp³-hybridized carbons (Fsp3) is 0.545. The van der Waals surface area contributed by atoms with Crippen molar-refractivity contribution in [3.8, 4) is 0 Å². The van der Waals surface area contributed by atoms with E-state index >= 15 is 0 Å². The van der Waals surface area contributed by atoms with Gasteiger partial charge >= 0.3 is 12.0 Å². The summed E-state index contributed by atoms with van der Waals surface area (Å²) >= 11 is 8.10. The first-order valence-corrected chi connectivity index (χ1v) is 11.4. The molecule has 29 heavy (non-hydrogen) atoms. The first-order chi connectivity index (χ1) is 13.6. The second kappa shape index (κ2) is 12.8. The Balaban J connectivity index is 2.81. The van der Waals surface area contributed by atoms with E-state index in [1.54, 1.807) is 18.0 Å². The molecule has 0 aliphatic rings. The number of carboxylic acids is 1. The van der Waals surface area contributed by atoms with Gasteiger partial charge in [0.2, 0.25) is 0 Å². The van der Waals surface area contributed by atoms with Crippen molar-refractivity contribution in [2.45, 2.75) is 58.9 Å². The summed E-state index contributed by atoms with van der Waals surface area (Å²) < 4.78 is 0. The van der Waals surface area contributed by atoms with E-state index in [9.17, 15) is 9.59 Å². The topological polar surface area (TPSA) is 69.6 Å². The molecule has 0 saturated carbocycles. The summed E-state index contributed by atoms with van der Waals surface area (Å²) in [7, 11) is 0. The van der Waals surface area contributed by atoms with Gasteiger partial charge < -0.3 is 15.3 Å². The standard InChI is InChI=1S/C22H33ClN2O3S/c1-6-18(16(4)5)13-25(10-9-21(26)27)22(28)24-12-17-7-8-20(19(23)11-17)29-14-15(2)3/h7-8,11,13,15-16H,6,9-10,12,14H2,1-5H3,(H,24,28)(H,26,27)/b18-13+. The van der Waals surface area contributed by atoms with Gasteiger partial charge in [0.1, 0.15) is 0 Å². The van der Waals surface area contributed by atoms with Crippen molar-refractivity contribution < 1.29 is 14.7 Å². The zero-order valence-electron chi connectivity index (χ0n) is 18.0. The number of carbonyl (C=O) groups is 2. The molecule has 0 spiro atoms. The van der Waals surface area contributed by atoms with Crippen LogP contribution in [0.15, 0.2) is 34.9 Å². The van der Waals surface area contributed by atoms with E-state index in [-0.39, 0.29) is 24.9 Å². The molecule has 0 bridgehead atoms. The third-order valence-corrected chi connectivity index (χ3v) is 6.24. The third-order valence-electron chi connectivity index (χ3n) is 4.31. The Labute approximate surface area is 183 Å². The van der Waals surface area contributed by atoms with Gasteiger partial charge in [0.25, 0.3) is 0 Å². The minimum atomic E-state index is -0.930. The van der Waals surface area contributed by atoms with E-state index in [1.165, 1.54) is 4.90 Å². The molecule has 0 unspecified atom stereocenters. The van der Waals surface area contributed by atoms with Crippen LogP contribution in [0.1, 0.15) is 53.0 Å². The number of carbonyl (C=O) groups excluding carboxylic acids is 1. The minimum Gasteiger partial charge on any atom is -0.481 e. The van der Waals surface area contributed by atoms with Crippen molar-refractivity contribution in [3.05, 3.63) is 40.6 Å². The third kappa shape index (κ3) is 9.59. The average molecular weight is 441 g/mol. The molecular formula is C22H33ClN2O3S. The van der Waals surface area contributed by atoms with Gasteiger partial charge in [-0.3, -0.25) is 4.79 Å². The lowest BCUT2D eigenvalue weighted by Gasteiger charge is -2.21. The predicted octanol–water partition coefficient (Wildman–Crippen LogP) is 6.02. The fourth-order valence-electron chi connectivity index (χ4n) is 2.60. The zero-order valence-corrected chi connectivity index (χ0v) is 19.6. The van der Waals surface area contributed by atoms with Crippen LogP contribution in [0.4, 0.5) is 4.79 Å². The number of benzene rings is 1. The molecule has 0 atom stereocenters. The number of urea groups is 1. The lowest BCUT2D eigenvalue weighted by atomic mass is 10.0. The number of nitrogens with one attached hydrogen (secondary N) is 1. The monoisotopic (exact) mass is 440 g/mol. The fourth-order valence-corrected chi connectivity index (χ4v) is 3.84. The van der Waals surface area contributed by atoms with Gasteiger partial charge in [0, 0.05) is 29.9 Å². The molecule has 2 N–H and O–H groups in total. The van der Waals surface area contributed by atoms with Crippen molar-refractivity contribution in [1.82, 2.24) is 10.2 Å². The summed E-state index contributed by atoms with van der Waals surface area (Å²) in [6.07, 6.45) is 2.48. The minimum absolute atomic E-state index is 0.105. The number of allylic oxidation sites excluding steroid dienone is 1. The highest BCUT2D eigenvalue weighted by molar-refractivity contribution is 7.99. The molecule has 1 aromatic carbocycles. The molecule has 1 rings (SSSR count). The SMILES string of the molecule is CC/C(=C\N(CCC(=O)O)C(=O)NCc1ccc(SCC(C)C)c(Cl)c1)C(C)C. The molecule has 1 aromatic rings. The summed E-state index contributed by atoms with van der Waals surface area (Å²) in [4.78, 5) is 26.1. The smallest absolute Gasteiger partial charge is 0.321 e. The molecule has 7 heteroatoms. The molecule has 0 aliphatic carbocycles. The summed E-state index contributed by atoms with van der Waals surface area (Å²) in [5.74, 6) is 0.935. The molecule has 2 amide bonds. The van der Waals surface area contributed by atoms with Crippen LogP contribution in [-0.2, 0) is 11.3 Å². The normalized spacial score (nSPS) is 11.8. The Hall–Kier alpha value is -1.66. The molecule has 0 aromatic heterocycles. The molecule has 0 heterocycles. The largest absolute Gasteiger partial charge is 0.481 e. The maximum atomic E-state index is 12.7.